The summed E-state index contributed by atoms with van der Waals surface area (Å²) in [5.41, 5.74) is 4.69. The fourth-order valence-corrected chi connectivity index (χ4v) is 7.14. The van der Waals surface area contributed by atoms with Crippen LogP contribution in [0.3, 0.4) is 0 Å². The molecule has 1 fully saturated rings. The average molecular weight is 663 g/mol. The van der Waals surface area contributed by atoms with Crippen LogP contribution in [0.2, 0.25) is 0 Å². The normalized spacial score (nSPS) is 19.6. The van der Waals surface area contributed by atoms with Crippen LogP contribution in [-0.2, 0) is 16.1 Å². The van der Waals surface area contributed by atoms with E-state index in [0.29, 0.717) is 60.2 Å². The number of anilines is 2. The highest BCUT2D eigenvalue weighted by atomic mass is 19.1. The number of hydrogen-bond donors (Lipinski definition) is 1. The first-order chi connectivity index (χ1) is 23.8. The Morgan fingerprint density at radius 2 is 1.86 bits per heavy atom. The molecule has 4 aromatic heterocycles. The molecule has 49 heavy (non-hydrogen) atoms. The van der Waals surface area contributed by atoms with E-state index < -0.39 is 11.9 Å². The van der Waals surface area contributed by atoms with Gasteiger partial charge in [0, 0.05) is 44.9 Å². The molecule has 0 unspecified atom stereocenters. The molecule has 8 rings (SSSR count). The quantitative estimate of drug-likeness (QED) is 0.293. The summed E-state index contributed by atoms with van der Waals surface area (Å²) >= 11 is 0. The smallest absolute Gasteiger partial charge is 0.245 e. The van der Waals surface area contributed by atoms with Crippen molar-refractivity contribution in [3.8, 4) is 22.7 Å². The second kappa shape index (κ2) is 12.1. The number of aromatic nitrogens is 7. The third kappa shape index (κ3) is 5.28. The summed E-state index contributed by atoms with van der Waals surface area (Å²) in [6.45, 7) is 3.33. The largest absolute Gasteiger partial charge is 0.494 e. The van der Waals surface area contributed by atoms with E-state index in [1.807, 2.05) is 49.2 Å². The maximum absolute atomic E-state index is 14.4. The number of ether oxygens (including phenoxy) is 2. The Morgan fingerprint density at radius 3 is 2.69 bits per heavy atom. The minimum atomic E-state index is -0.547. The van der Waals surface area contributed by atoms with Crippen molar-refractivity contribution >= 4 is 39.6 Å². The van der Waals surface area contributed by atoms with Crippen LogP contribution in [0, 0.1) is 12.7 Å². The molecular formula is C35H35FN10O3. The van der Waals surface area contributed by atoms with Gasteiger partial charge in [-0.25, -0.2) is 29.0 Å². The molecule has 13 nitrogen and oxygen atoms in total. The highest BCUT2D eigenvalue weighted by molar-refractivity contribution is 5.94. The van der Waals surface area contributed by atoms with E-state index in [9.17, 15) is 9.18 Å². The number of rotatable bonds is 4. The number of halogens is 1. The predicted molar refractivity (Wildman–Crippen MR) is 182 cm³/mol. The summed E-state index contributed by atoms with van der Waals surface area (Å²) in [4.78, 5) is 37.3. The van der Waals surface area contributed by atoms with Crippen molar-refractivity contribution in [1.29, 1.82) is 0 Å². The summed E-state index contributed by atoms with van der Waals surface area (Å²) in [6, 6.07) is 15.6. The van der Waals surface area contributed by atoms with Gasteiger partial charge in [-0.3, -0.25) is 4.79 Å². The van der Waals surface area contributed by atoms with Crippen molar-refractivity contribution in [2.45, 2.75) is 38.1 Å². The van der Waals surface area contributed by atoms with Gasteiger partial charge in [-0.05, 0) is 43.7 Å². The lowest BCUT2D eigenvalue weighted by molar-refractivity contribution is -0.132. The molecule has 1 saturated heterocycles. The molecule has 1 amide bonds. The number of nitrogens with one attached hydrogen (secondary N) is 1. The number of amides is 1. The average Bonchev–Trinajstić information content (AvgIpc) is 3.82. The van der Waals surface area contributed by atoms with Gasteiger partial charge >= 0.3 is 0 Å². The number of likely N-dealkylation sites (N-methyl/N-ethyl adjacent to an activating group) is 1. The zero-order chi connectivity index (χ0) is 33.8. The number of aryl methyl sites for hydroxylation is 1. The number of fused-ring (bicyclic) bond motifs is 6. The first-order valence-corrected chi connectivity index (χ1v) is 16.1. The SMILES string of the molecule is COc1cc(F)ccc1-n1ncc2c(N3C[C@@H]4C[C@H]3C(=O)N(C)C[C@H](OC)Cn3c(C)nc5cccc(c53)-c3cccc(n3)N4)ncnc21. The lowest BCUT2D eigenvalue weighted by atomic mass is 10.1. The molecule has 0 saturated carbocycles. The molecular weight excluding hydrogens is 627 g/mol. The Morgan fingerprint density at radius 1 is 1.00 bits per heavy atom. The van der Waals surface area contributed by atoms with Crippen LogP contribution in [0.25, 0.3) is 39.0 Å². The highest BCUT2D eigenvalue weighted by Crippen LogP contribution is 2.35. The number of carbonyl (C=O) groups is 1. The first kappa shape index (κ1) is 30.7. The van der Waals surface area contributed by atoms with Gasteiger partial charge in [0.1, 0.15) is 47.1 Å². The Bertz CT molecular complexity index is 2220. The van der Waals surface area contributed by atoms with Gasteiger partial charge in [0.05, 0.1) is 48.1 Å². The number of hydrogen-bond acceptors (Lipinski definition) is 10. The molecule has 14 heteroatoms. The molecule has 2 aromatic carbocycles. The van der Waals surface area contributed by atoms with E-state index in [1.54, 1.807) is 29.0 Å². The Hall–Kier alpha value is -5.63. The molecule has 1 N–H and O–H groups in total. The van der Waals surface area contributed by atoms with Crippen molar-refractivity contribution in [3.63, 3.8) is 0 Å². The van der Waals surface area contributed by atoms with Crippen molar-refractivity contribution < 1.29 is 18.7 Å². The van der Waals surface area contributed by atoms with Crippen LogP contribution in [0.4, 0.5) is 16.0 Å². The topological polar surface area (TPSA) is 128 Å². The number of benzene rings is 2. The molecule has 6 aromatic rings. The van der Waals surface area contributed by atoms with E-state index in [4.69, 9.17) is 19.4 Å². The maximum Gasteiger partial charge on any atom is 0.245 e. The number of para-hydroxylation sites is 1. The Kier molecular flexibility index (Phi) is 7.59. The number of imidazole rings is 1. The van der Waals surface area contributed by atoms with Crippen LogP contribution in [-0.4, -0.2) is 97.6 Å². The number of nitrogens with zero attached hydrogens (tertiary/aromatic N) is 9. The van der Waals surface area contributed by atoms with E-state index in [2.05, 4.69) is 31.0 Å². The molecule has 0 radical (unpaired) electrons. The molecule has 4 bridgehead atoms. The third-order valence-corrected chi connectivity index (χ3v) is 9.48. The van der Waals surface area contributed by atoms with Gasteiger partial charge < -0.3 is 29.2 Å². The van der Waals surface area contributed by atoms with Gasteiger partial charge in [-0.2, -0.15) is 5.10 Å². The molecule has 2 aliphatic heterocycles. The molecule has 3 atom stereocenters. The molecule has 0 spiro atoms. The Balaban J connectivity index is 1.22. The second-order valence-corrected chi connectivity index (χ2v) is 12.5. The Labute approximate surface area is 281 Å². The summed E-state index contributed by atoms with van der Waals surface area (Å²) in [5.74, 6) is 1.97. The summed E-state index contributed by atoms with van der Waals surface area (Å²) in [7, 11) is 4.96. The molecule has 0 aliphatic carbocycles. The maximum atomic E-state index is 14.4. The minimum Gasteiger partial charge on any atom is -0.494 e. The fraction of sp³-hybridized carbons (Fsp3) is 0.314. The summed E-state index contributed by atoms with van der Waals surface area (Å²) in [5, 5.41) is 8.85. The zero-order valence-corrected chi connectivity index (χ0v) is 27.5. The minimum absolute atomic E-state index is 0.0600. The van der Waals surface area contributed by atoms with Crippen molar-refractivity contribution in [3.05, 3.63) is 78.8 Å². The van der Waals surface area contributed by atoms with Crippen LogP contribution >= 0.6 is 0 Å². The van der Waals surface area contributed by atoms with Crippen LogP contribution in [0.5, 0.6) is 5.75 Å². The van der Waals surface area contributed by atoms with Crippen molar-refractivity contribution in [1.82, 2.24) is 39.2 Å². The second-order valence-electron chi connectivity index (χ2n) is 12.5. The van der Waals surface area contributed by atoms with E-state index in [1.165, 1.54) is 25.6 Å². The number of carbonyl (C=O) groups excluding carboxylic acids is 1. The number of methoxy groups -OCH3 is 2. The van der Waals surface area contributed by atoms with Crippen LogP contribution in [0.15, 0.2) is 67.1 Å². The lowest BCUT2D eigenvalue weighted by Crippen LogP contribution is -2.47. The van der Waals surface area contributed by atoms with Gasteiger partial charge in [0.15, 0.2) is 5.65 Å². The van der Waals surface area contributed by atoms with Crippen molar-refractivity contribution in [2.75, 3.05) is 44.6 Å². The zero-order valence-electron chi connectivity index (χ0n) is 27.5. The van der Waals surface area contributed by atoms with E-state index >= 15 is 0 Å². The standard InChI is InChI=1S/C35H35FN10O3/c1-20-40-27-9-5-7-24-26-8-6-10-31(42-26)41-22-14-29(35(47)43(2)17-23(48-3)18-44(20)32(24)27)45(16-22)33-25-15-39-46(34(25)38-19-37-33)28-12-11-21(36)13-30(28)49-4/h5-13,15,19,22-23,29H,14,16-18H2,1-4H3,(H,41,42)/t22-,23-,29-/m0/s1. The monoisotopic (exact) mass is 662 g/mol. The predicted octanol–water partition coefficient (Wildman–Crippen LogP) is 4.23. The molecule has 6 heterocycles. The van der Waals surface area contributed by atoms with E-state index in [0.717, 1.165) is 28.1 Å². The van der Waals surface area contributed by atoms with Gasteiger partial charge in [0.25, 0.3) is 0 Å². The highest BCUT2D eigenvalue weighted by Gasteiger charge is 2.41. The lowest BCUT2D eigenvalue weighted by Gasteiger charge is -2.30. The van der Waals surface area contributed by atoms with Crippen LogP contribution < -0.4 is 15.0 Å². The first-order valence-electron chi connectivity index (χ1n) is 16.1. The van der Waals surface area contributed by atoms with E-state index in [-0.39, 0.29) is 18.1 Å². The van der Waals surface area contributed by atoms with Gasteiger partial charge in [-0.15, -0.1) is 0 Å². The molecule has 2 aliphatic rings. The van der Waals surface area contributed by atoms with Gasteiger partial charge in [0.2, 0.25) is 5.91 Å². The van der Waals surface area contributed by atoms with Gasteiger partial charge in [-0.1, -0.05) is 18.2 Å². The summed E-state index contributed by atoms with van der Waals surface area (Å²) in [6.07, 6.45) is 3.34. The van der Waals surface area contributed by atoms with Crippen molar-refractivity contribution in [2.24, 2.45) is 0 Å². The van der Waals surface area contributed by atoms with Crippen LogP contribution in [0.1, 0.15) is 12.2 Å². The molecule has 250 valence electrons. The summed E-state index contributed by atoms with van der Waals surface area (Å²) < 4.78 is 29.2. The fourth-order valence-electron chi connectivity index (χ4n) is 7.14. The third-order valence-electron chi connectivity index (χ3n) is 9.48. The number of pyridine rings is 1.